The lowest BCUT2D eigenvalue weighted by atomic mass is 9.98. The Bertz CT molecular complexity index is 888. The third-order valence-corrected chi connectivity index (χ3v) is 4.97. The quantitative estimate of drug-likeness (QED) is 0.566. The Labute approximate surface area is 165 Å². The Morgan fingerprint density at radius 2 is 2.04 bits per heavy atom. The van der Waals surface area contributed by atoms with E-state index in [-0.39, 0.29) is 11.3 Å². The van der Waals surface area contributed by atoms with Crippen molar-refractivity contribution in [3.05, 3.63) is 28.8 Å². The van der Waals surface area contributed by atoms with Crippen molar-refractivity contribution in [2.45, 2.75) is 31.2 Å². The first-order valence-electron chi connectivity index (χ1n) is 8.64. The molecule has 1 heterocycles. The molecule has 1 saturated heterocycles. The van der Waals surface area contributed by atoms with Gasteiger partial charge in [-0.25, -0.2) is 4.79 Å². The van der Waals surface area contributed by atoms with E-state index in [0.29, 0.717) is 17.9 Å². The molecular formula is C18H17ClN4O5. The van der Waals surface area contributed by atoms with Crippen LogP contribution in [0.4, 0.5) is 10.5 Å². The van der Waals surface area contributed by atoms with Gasteiger partial charge in [-0.3, -0.25) is 19.3 Å². The molecular weight excluding hydrogens is 388 g/mol. The highest BCUT2D eigenvalue weighted by Gasteiger charge is 2.52. The zero-order valence-corrected chi connectivity index (χ0v) is 15.5. The number of hydrogen-bond donors (Lipinski definition) is 2. The Morgan fingerprint density at radius 3 is 2.71 bits per heavy atom. The number of ether oxygens (including phenoxy) is 1. The van der Waals surface area contributed by atoms with Gasteiger partial charge in [-0.15, -0.1) is 0 Å². The van der Waals surface area contributed by atoms with Crippen molar-refractivity contribution in [3.63, 3.8) is 0 Å². The van der Waals surface area contributed by atoms with Crippen LogP contribution in [0.1, 0.15) is 31.2 Å². The highest BCUT2D eigenvalue weighted by molar-refractivity contribution is 6.31. The van der Waals surface area contributed by atoms with Gasteiger partial charge >= 0.3 is 12.0 Å². The fourth-order valence-electron chi connectivity index (χ4n) is 3.36. The second-order valence-electron chi connectivity index (χ2n) is 6.62. The lowest BCUT2D eigenvalue weighted by Gasteiger charge is -2.19. The highest BCUT2D eigenvalue weighted by Crippen LogP contribution is 2.34. The summed E-state index contributed by atoms with van der Waals surface area (Å²) in [5.41, 5.74) is -0.520. The lowest BCUT2D eigenvalue weighted by Crippen LogP contribution is -2.44. The van der Waals surface area contributed by atoms with Crippen LogP contribution in [0.25, 0.3) is 0 Å². The monoisotopic (exact) mass is 404 g/mol. The van der Waals surface area contributed by atoms with Gasteiger partial charge in [-0.1, -0.05) is 24.4 Å². The average molecular weight is 405 g/mol. The number of esters is 1. The minimum Gasteiger partial charge on any atom is -0.454 e. The topological polar surface area (TPSA) is 129 Å². The van der Waals surface area contributed by atoms with Gasteiger partial charge in [0, 0.05) is 5.02 Å². The van der Waals surface area contributed by atoms with Gasteiger partial charge in [0.1, 0.15) is 18.2 Å². The number of hydrogen-bond acceptors (Lipinski definition) is 6. The Balaban J connectivity index is 1.53. The molecule has 146 valence electrons. The summed E-state index contributed by atoms with van der Waals surface area (Å²) in [6.45, 7) is -1.20. The molecule has 4 amide bonds. The maximum absolute atomic E-state index is 12.5. The van der Waals surface area contributed by atoms with E-state index in [2.05, 4.69) is 10.6 Å². The molecule has 2 fully saturated rings. The number of nitrogens with one attached hydrogen (secondary N) is 2. The van der Waals surface area contributed by atoms with Crippen LogP contribution in [0, 0.1) is 11.3 Å². The number of halogens is 1. The zero-order valence-electron chi connectivity index (χ0n) is 14.8. The first kappa shape index (κ1) is 19.6. The summed E-state index contributed by atoms with van der Waals surface area (Å²) >= 11 is 5.84. The summed E-state index contributed by atoms with van der Waals surface area (Å²) in [5.74, 6) is -2.01. The smallest absolute Gasteiger partial charge is 0.326 e. The third-order valence-electron chi connectivity index (χ3n) is 4.73. The molecule has 28 heavy (non-hydrogen) atoms. The van der Waals surface area contributed by atoms with Crippen molar-refractivity contribution in [1.82, 2.24) is 10.2 Å². The molecule has 1 aliphatic heterocycles. The van der Waals surface area contributed by atoms with Gasteiger partial charge in [0.05, 0.1) is 11.3 Å². The molecule has 1 aromatic carbocycles. The van der Waals surface area contributed by atoms with Crippen LogP contribution in [0.5, 0.6) is 0 Å². The second-order valence-corrected chi connectivity index (χ2v) is 7.06. The number of imide groups is 1. The van der Waals surface area contributed by atoms with Crippen LogP contribution in [0.15, 0.2) is 18.2 Å². The number of nitriles is 1. The Morgan fingerprint density at radius 1 is 1.32 bits per heavy atom. The van der Waals surface area contributed by atoms with Crippen molar-refractivity contribution in [1.29, 1.82) is 5.26 Å². The average Bonchev–Trinajstić information content (AvgIpc) is 3.21. The molecule has 1 saturated carbocycles. The number of nitrogens with zero attached hydrogens (tertiary/aromatic N) is 2. The number of anilines is 1. The zero-order chi connectivity index (χ0) is 20.3. The molecule has 3 rings (SSSR count). The SMILES string of the molecule is N#Cc1ccc(Cl)cc1NC(=O)COC(=O)CN1C(=O)NC2(CCCC2)C1=O. The normalized spacial score (nSPS) is 17.4. The summed E-state index contributed by atoms with van der Waals surface area (Å²) < 4.78 is 4.85. The van der Waals surface area contributed by atoms with Crippen molar-refractivity contribution >= 4 is 41.1 Å². The van der Waals surface area contributed by atoms with E-state index >= 15 is 0 Å². The van der Waals surface area contributed by atoms with Crippen molar-refractivity contribution < 1.29 is 23.9 Å². The molecule has 1 aromatic rings. The standard InChI is InChI=1S/C18H17ClN4O5/c19-12-4-3-11(8-20)13(7-12)21-14(24)10-28-15(25)9-23-16(26)18(22-17(23)27)5-1-2-6-18/h3-4,7H,1-2,5-6,9-10H2,(H,21,24)(H,22,27). The van der Waals surface area contributed by atoms with E-state index in [9.17, 15) is 19.2 Å². The van der Waals surface area contributed by atoms with E-state index in [1.165, 1.54) is 18.2 Å². The highest BCUT2D eigenvalue weighted by atomic mass is 35.5. The Hall–Kier alpha value is -3.12. The van der Waals surface area contributed by atoms with Crippen LogP contribution in [-0.2, 0) is 19.1 Å². The first-order valence-corrected chi connectivity index (χ1v) is 9.02. The van der Waals surface area contributed by atoms with Crippen LogP contribution < -0.4 is 10.6 Å². The van der Waals surface area contributed by atoms with Crippen molar-refractivity contribution in [3.8, 4) is 6.07 Å². The maximum Gasteiger partial charge on any atom is 0.326 e. The Kier molecular flexibility index (Phi) is 5.51. The minimum absolute atomic E-state index is 0.188. The number of benzene rings is 1. The van der Waals surface area contributed by atoms with Crippen LogP contribution in [0.2, 0.25) is 5.02 Å². The lowest BCUT2D eigenvalue weighted by molar-refractivity contribution is -0.150. The van der Waals surface area contributed by atoms with E-state index in [1.54, 1.807) is 0 Å². The summed E-state index contributed by atoms with van der Waals surface area (Å²) in [4.78, 5) is 49.3. The van der Waals surface area contributed by atoms with Crippen LogP contribution >= 0.6 is 11.6 Å². The van der Waals surface area contributed by atoms with Crippen LogP contribution in [0.3, 0.4) is 0 Å². The van der Waals surface area contributed by atoms with Crippen LogP contribution in [-0.4, -0.2) is 47.4 Å². The summed E-state index contributed by atoms with van der Waals surface area (Å²) in [6.07, 6.45) is 2.76. The molecule has 0 aromatic heterocycles. The molecule has 2 N–H and O–H groups in total. The van der Waals surface area contributed by atoms with Gasteiger partial charge in [0.15, 0.2) is 6.61 Å². The molecule has 0 radical (unpaired) electrons. The van der Waals surface area contributed by atoms with E-state index in [1.807, 2.05) is 6.07 Å². The summed E-state index contributed by atoms with van der Waals surface area (Å²) in [5, 5.41) is 14.4. The summed E-state index contributed by atoms with van der Waals surface area (Å²) in [7, 11) is 0. The fourth-order valence-corrected chi connectivity index (χ4v) is 3.53. The van der Waals surface area contributed by atoms with Crippen molar-refractivity contribution in [2.75, 3.05) is 18.5 Å². The molecule has 1 aliphatic carbocycles. The molecule has 0 atom stereocenters. The largest absolute Gasteiger partial charge is 0.454 e. The van der Waals surface area contributed by atoms with Gasteiger partial charge in [0.25, 0.3) is 11.8 Å². The minimum atomic E-state index is -0.908. The van der Waals surface area contributed by atoms with E-state index < -0.39 is 42.5 Å². The van der Waals surface area contributed by atoms with E-state index in [4.69, 9.17) is 21.6 Å². The van der Waals surface area contributed by atoms with Gasteiger partial charge in [-0.2, -0.15) is 5.26 Å². The predicted octanol–water partition coefficient (Wildman–Crippen LogP) is 1.56. The number of amides is 4. The number of urea groups is 1. The number of rotatable bonds is 5. The second kappa shape index (κ2) is 7.86. The van der Waals surface area contributed by atoms with E-state index in [0.717, 1.165) is 17.7 Å². The molecule has 0 bridgehead atoms. The van der Waals surface area contributed by atoms with Gasteiger partial charge in [0.2, 0.25) is 0 Å². The summed E-state index contributed by atoms with van der Waals surface area (Å²) in [6, 6.07) is 5.62. The molecule has 0 unspecified atom stereocenters. The predicted molar refractivity (Wildman–Crippen MR) is 97.2 cm³/mol. The van der Waals surface area contributed by atoms with Gasteiger partial charge in [-0.05, 0) is 31.0 Å². The molecule has 9 nitrogen and oxygen atoms in total. The molecule has 10 heteroatoms. The molecule has 1 spiro atoms. The molecule has 2 aliphatic rings. The number of carbonyl (C=O) groups is 4. The van der Waals surface area contributed by atoms with Gasteiger partial charge < -0.3 is 15.4 Å². The van der Waals surface area contributed by atoms with Crippen molar-refractivity contribution in [2.24, 2.45) is 0 Å². The maximum atomic E-state index is 12.5. The third kappa shape index (κ3) is 3.92. The number of carbonyl (C=O) groups excluding carboxylic acids is 4. The fraction of sp³-hybridized carbons (Fsp3) is 0.389. The first-order chi connectivity index (χ1) is 13.3.